The molecule has 0 amide bonds. The lowest BCUT2D eigenvalue weighted by atomic mass is 10.2. The van der Waals surface area contributed by atoms with Crippen LogP contribution in [0.15, 0.2) is 48.7 Å². The van der Waals surface area contributed by atoms with Gasteiger partial charge < -0.3 is 4.18 Å². The van der Waals surface area contributed by atoms with Gasteiger partial charge in [0, 0.05) is 0 Å². The molecule has 0 radical (unpaired) electrons. The molecular formula is C12H14O6S2. The van der Waals surface area contributed by atoms with Crippen LogP contribution >= 0.6 is 0 Å². The summed E-state index contributed by atoms with van der Waals surface area (Å²) in [6.45, 7) is 4.40. The van der Waals surface area contributed by atoms with Crippen LogP contribution in [0.5, 0.6) is 0 Å². The Balaban J connectivity index is 2.95. The van der Waals surface area contributed by atoms with Gasteiger partial charge in [-0.25, -0.2) is 0 Å². The van der Waals surface area contributed by atoms with Gasteiger partial charge in [0.15, 0.2) is 0 Å². The molecule has 6 nitrogen and oxygen atoms in total. The molecule has 0 aliphatic carbocycles. The standard InChI is InChI=1S/C12H14O6S2/c1-10(2)12(19(13,14)15)20(16,17)18-9-8-11-6-4-3-5-7-11/h3-9,12H,1H2,2H3,(H,13,14,15). The second-order valence-corrected chi connectivity index (χ2v) is 7.44. The highest BCUT2D eigenvalue weighted by atomic mass is 32.3. The van der Waals surface area contributed by atoms with Crippen molar-refractivity contribution in [2.45, 2.75) is 11.5 Å². The average Bonchev–Trinajstić information content (AvgIpc) is 2.26. The van der Waals surface area contributed by atoms with E-state index in [0.717, 1.165) is 6.26 Å². The molecule has 1 aromatic carbocycles. The molecule has 20 heavy (non-hydrogen) atoms. The van der Waals surface area contributed by atoms with E-state index in [1.165, 1.54) is 13.0 Å². The molecule has 0 saturated carbocycles. The monoisotopic (exact) mass is 318 g/mol. The zero-order valence-corrected chi connectivity index (χ0v) is 12.3. The number of hydrogen-bond donors (Lipinski definition) is 1. The molecule has 1 rings (SSSR count). The molecular weight excluding hydrogens is 304 g/mol. The van der Waals surface area contributed by atoms with Crippen LogP contribution in [0.25, 0.3) is 6.08 Å². The van der Waals surface area contributed by atoms with Crippen molar-refractivity contribution in [2.75, 3.05) is 0 Å². The Hall–Kier alpha value is -1.64. The third-order valence-electron chi connectivity index (χ3n) is 2.18. The highest BCUT2D eigenvalue weighted by molar-refractivity contribution is 8.04. The smallest absolute Gasteiger partial charge is 0.332 e. The Morgan fingerprint density at radius 2 is 1.80 bits per heavy atom. The molecule has 0 spiro atoms. The Morgan fingerprint density at radius 3 is 2.25 bits per heavy atom. The van der Waals surface area contributed by atoms with Gasteiger partial charge in [-0.2, -0.15) is 16.8 Å². The first-order valence-electron chi connectivity index (χ1n) is 5.40. The molecule has 0 aliphatic heterocycles. The molecule has 110 valence electrons. The number of benzene rings is 1. The van der Waals surface area contributed by atoms with Gasteiger partial charge in [-0.05, 0) is 24.1 Å². The summed E-state index contributed by atoms with van der Waals surface area (Å²) in [6, 6.07) is 8.66. The molecule has 0 aliphatic rings. The molecule has 0 fully saturated rings. The summed E-state index contributed by atoms with van der Waals surface area (Å²) in [7, 11) is -9.44. The SMILES string of the molecule is C=C(C)C(S(=O)(=O)O)S(=O)(=O)OC=Cc1ccccc1. The topological polar surface area (TPSA) is 97.7 Å². The molecule has 0 heterocycles. The highest BCUT2D eigenvalue weighted by Crippen LogP contribution is 2.18. The minimum atomic E-state index is -4.86. The largest absolute Gasteiger partial charge is 0.389 e. The van der Waals surface area contributed by atoms with Crippen LogP contribution in [-0.2, 0) is 24.4 Å². The molecule has 1 unspecified atom stereocenters. The van der Waals surface area contributed by atoms with E-state index >= 15 is 0 Å². The van der Waals surface area contributed by atoms with Crippen LogP contribution in [0, 0.1) is 0 Å². The highest BCUT2D eigenvalue weighted by Gasteiger charge is 2.38. The van der Waals surface area contributed by atoms with Crippen molar-refractivity contribution in [3.05, 3.63) is 54.3 Å². The van der Waals surface area contributed by atoms with Crippen molar-refractivity contribution in [3.8, 4) is 0 Å². The zero-order valence-electron chi connectivity index (χ0n) is 10.6. The third-order valence-corrected chi connectivity index (χ3v) is 5.87. The lowest BCUT2D eigenvalue weighted by Gasteiger charge is -2.13. The molecule has 0 saturated heterocycles. The number of hydrogen-bond acceptors (Lipinski definition) is 5. The van der Waals surface area contributed by atoms with E-state index in [0.29, 0.717) is 5.56 Å². The average molecular weight is 318 g/mol. The van der Waals surface area contributed by atoms with Gasteiger partial charge >= 0.3 is 10.1 Å². The Bertz CT molecular complexity index is 702. The van der Waals surface area contributed by atoms with Gasteiger partial charge in [0.25, 0.3) is 10.1 Å². The fourth-order valence-electron chi connectivity index (χ4n) is 1.45. The van der Waals surface area contributed by atoms with Crippen LogP contribution in [0.4, 0.5) is 0 Å². The first kappa shape index (κ1) is 16.4. The summed E-state index contributed by atoms with van der Waals surface area (Å²) in [5.74, 6) is 0. The minimum Gasteiger partial charge on any atom is -0.389 e. The van der Waals surface area contributed by atoms with Crippen molar-refractivity contribution in [3.63, 3.8) is 0 Å². The van der Waals surface area contributed by atoms with Gasteiger partial charge in [0.1, 0.15) is 6.26 Å². The summed E-state index contributed by atoms with van der Waals surface area (Å²) < 4.78 is 56.8. The first-order valence-corrected chi connectivity index (χ1v) is 8.37. The van der Waals surface area contributed by atoms with Crippen molar-refractivity contribution in [2.24, 2.45) is 0 Å². The third kappa shape index (κ3) is 4.48. The summed E-state index contributed by atoms with van der Waals surface area (Å²) >= 11 is 0. The maximum Gasteiger partial charge on any atom is 0.332 e. The molecule has 1 aromatic rings. The quantitative estimate of drug-likeness (QED) is 0.372. The second kappa shape index (κ2) is 6.21. The predicted octanol–water partition coefficient (Wildman–Crippen LogP) is 1.79. The molecule has 1 N–H and O–H groups in total. The summed E-state index contributed by atoms with van der Waals surface area (Å²) in [6.07, 6.45) is 2.18. The molecule has 8 heteroatoms. The Morgan fingerprint density at radius 1 is 1.25 bits per heavy atom. The summed E-state index contributed by atoms with van der Waals surface area (Å²) in [4.78, 5) is 0. The van der Waals surface area contributed by atoms with Gasteiger partial charge in [0.2, 0.25) is 4.58 Å². The zero-order chi connectivity index (χ0) is 15.4. The maximum absolute atomic E-state index is 11.7. The lowest BCUT2D eigenvalue weighted by Crippen LogP contribution is -2.31. The summed E-state index contributed by atoms with van der Waals surface area (Å²) in [5.41, 5.74) is 0.405. The van der Waals surface area contributed by atoms with E-state index in [4.69, 9.17) is 4.55 Å². The van der Waals surface area contributed by atoms with Gasteiger partial charge in [0.05, 0.1) is 0 Å². The second-order valence-electron chi connectivity index (χ2n) is 4.00. The Labute approximate surface area is 118 Å². The molecule has 0 bridgehead atoms. The van der Waals surface area contributed by atoms with Crippen molar-refractivity contribution >= 4 is 26.3 Å². The van der Waals surface area contributed by atoms with Gasteiger partial charge in [-0.15, -0.1) is 0 Å². The fraction of sp³-hybridized carbons (Fsp3) is 0.167. The van der Waals surface area contributed by atoms with Crippen molar-refractivity contribution in [1.29, 1.82) is 0 Å². The van der Waals surface area contributed by atoms with Crippen LogP contribution < -0.4 is 0 Å². The van der Waals surface area contributed by atoms with Crippen molar-refractivity contribution in [1.82, 2.24) is 0 Å². The lowest BCUT2D eigenvalue weighted by molar-refractivity contribution is 0.436. The van der Waals surface area contributed by atoms with Crippen LogP contribution in [-0.4, -0.2) is 26.0 Å². The van der Waals surface area contributed by atoms with E-state index < -0.39 is 24.8 Å². The minimum absolute atomic E-state index is 0.263. The van der Waals surface area contributed by atoms with Gasteiger partial charge in [-0.3, -0.25) is 4.55 Å². The van der Waals surface area contributed by atoms with Crippen molar-refractivity contribution < 1.29 is 25.6 Å². The van der Waals surface area contributed by atoms with E-state index in [1.54, 1.807) is 30.3 Å². The van der Waals surface area contributed by atoms with E-state index in [-0.39, 0.29) is 5.57 Å². The fourth-order valence-corrected chi connectivity index (χ4v) is 4.09. The van der Waals surface area contributed by atoms with E-state index in [2.05, 4.69) is 10.8 Å². The molecule has 1 atom stereocenters. The Kier molecular flexibility index (Phi) is 5.09. The summed E-state index contributed by atoms with van der Waals surface area (Å²) in [5, 5.41) is 0. The van der Waals surface area contributed by atoms with E-state index in [9.17, 15) is 16.8 Å². The predicted molar refractivity (Wildman–Crippen MR) is 75.6 cm³/mol. The van der Waals surface area contributed by atoms with Crippen LogP contribution in [0.1, 0.15) is 12.5 Å². The maximum atomic E-state index is 11.7. The normalized spacial score (nSPS) is 14.1. The number of rotatable bonds is 6. The van der Waals surface area contributed by atoms with Crippen LogP contribution in [0.2, 0.25) is 0 Å². The van der Waals surface area contributed by atoms with Gasteiger partial charge in [-0.1, -0.05) is 36.9 Å². The van der Waals surface area contributed by atoms with E-state index in [1.807, 2.05) is 0 Å². The molecule has 0 aromatic heterocycles. The first-order chi connectivity index (χ1) is 9.14. The van der Waals surface area contributed by atoms with Crippen LogP contribution in [0.3, 0.4) is 0 Å².